The summed E-state index contributed by atoms with van der Waals surface area (Å²) in [5.41, 5.74) is 7.83. The lowest BCUT2D eigenvalue weighted by Gasteiger charge is -2.06. The largest absolute Gasteiger partial charge is 0.497 e. The molecular formula is C17H17FN2O2. The second-order valence-corrected chi connectivity index (χ2v) is 4.86. The van der Waals surface area contributed by atoms with E-state index in [2.05, 4.69) is 4.99 Å². The number of nitrogens with zero attached hydrogens (tertiary/aromatic N) is 1. The monoisotopic (exact) mass is 300 g/mol. The Hall–Kier alpha value is -2.69. The van der Waals surface area contributed by atoms with Crippen LogP contribution in [0.1, 0.15) is 22.3 Å². The number of carbonyl (C=O) groups is 1. The SMILES string of the molecule is COc1ccc(N=C(N)CC(=O)c2ccc(F)cc2)c(C)c1. The highest BCUT2D eigenvalue weighted by Gasteiger charge is 2.09. The third-order valence-corrected chi connectivity index (χ3v) is 3.18. The van der Waals surface area contributed by atoms with Crippen molar-refractivity contribution in [2.75, 3.05) is 7.11 Å². The highest BCUT2D eigenvalue weighted by Crippen LogP contribution is 2.23. The van der Waals surface area contributed by atoms with Crippen molar-refractivity contribution >= 4 is 17.3 Å². The lowest BCUT2D eigenvalue weighted by molar-refractivity contribution is 0.100. The van der Waals surface area contributed by atoms with Crippen LogP contribution in [0, 0.1) is 12.7 Å². The minimum absolute atomic E-state index is 0.0168. The summed E-state index contributed by atoms with van der Waals surface area (Å²) in [4.78, 5) is 16.3. The summed E-state index contributed by atoms with van der Waals surface area (Å²) in [7, 11) is 1.59. The van der Waals surface area contributed by atoms with E-state index < -0.39 is 0 Å². The molecule has 0 spiro atoms. The van der Waals surface area contributed by atoms with E-state index in [1.807, 2.05) is 13.0 Å². The van der Waals surface area contributed by atoms with Crippen molar-refractivity contribution in [2.24, 2.45) is 10.7 Å². The van der Waals surface area contributed by atoms with E-state index in [0.717, 1.165) is 11.3 Å². The summed E-state index contributed by atoms with van der Waals surface area (Å²) in [6.07, 6.45) is -0.0168. The van der Waals surface area contributed by atoms with Gasteiger partial charge in [-0.15, -0.1) is 0 Å². The minimum atomic E-state index is -0.382. The molecule has 0 amide bonds. The van der Waals surface area contributed by atoms with E-state index in [4.69, 9.17) is 10.5 Å². The Kier molecular flexibility index (Phi) is 4.88. The number of hydrogen-bond acceptors (Lipinski definition) is 3. The van der Waals surface area contributed by atoms with Crippen LogP contribution in [0.2, 0.25) is 0 Å². The summed E-state index contributed by atoms with van der Waals surface area (Å²) in [6, 6.07) is 10.8. The standard InChI is InChI=1S/C17H17FN2O2/c1-11-9-14(22-2)7-8-15(11)20-17(19)10-16(21)12-3-5-13(18)6-4-12/h3-9H,10H2,1-2H3,(H2,19,20). The van der Waals surface area contributed by atoms with Gasteiger partial charge in [0, 0.05) is 5.56 Å². The van der Waals surface area contributed by atoms with Gasteiger partial charge in [-0.3, -0.25) is 4.79 Å². The van der Waals surface area contributed by atoms with Crippen molar-refractivity contribution in [1.82, 2.24) is 0 Å². The molecule has 0 heterocycles. The van der Waals surface area contributed by atoms with Crippen LogP contribution in [0.15, 0.2) is 47.5 Å². The van der Waals surface area contributed by atoms with Gasteiger partial charge >= 0.3 is 0 Å². The van der Waals surface area contributed by atoms with Crippen molar-refractivity contribution in [3.63, 3.8) is 0 Å². The van der Waals surface area contributed by atoms with Crippen molar-refractivity contribution in [1.29, 1.82) is 0 Å². The Morgan fingerprint density at radius 1 is 1.23 bits per heavy atom. The number of rotatable bonds is 5. The van der Waals surface area contributed by atoms with E-state index in [-0.39, 0.29) is 23.9 Å². The highest BCUT2D eigenvalue weighted by molar-refractivity contribution is 6.09. The fraction of sp³-hybridized carbons (Fsp3) is 0.176. The average Bonchev–Trinajstić information content (AvgIpc) is 2.49. The number of carbonyl (C=O) groups excluding carboxylic acids is 1. The number of benzene rings is 2. The van der Waals surface area contributed by atoms with Crippen molar-refractivity contribution in [3.05, 3.63) is 59.4 Å². The number of methoxy groups -OCH3 is 1. The molecule has 2 aromatic rings. The van der Waals surface area contributed by atoms with Gasteiger partial charge in [0.2, 0.25) is 0 Å². The molecule has 0 saturated heterocycles. The predicted molar refractivity (Wildman–Crippen MR) is 84.4 cm³/mol. The zero-order valence-corrected chi connectivity index (χ0v) is 12.5. The second kappa shape index (κ2) is 6.85. The molecule has 5 heteroatoms. The molecule has 0 unspecified atom stereocenters. The smallest absolute Gasteiger partial charge is 0.170 e. The molecule has 0 radical (unpaired) electrons. The summed E-state index contributed by atoms with van der Waals surface area (Å²) >= 11 is 0. The minimum Gasteiger partial charge on any atom is -0.497 e. The fourth-order valence-corrected chi connectivity index (χ4v) is 1.98. The van der Waals surface area contributed by atoms with E-state index >= 15 is 0 Å². The number of amidine groups is 1. The van der Waals surface area contributed by atoms with Crippen LogP contribution in [-0.2, 0) is 0 Å². The molecule has 22 heavy (non-hydrogen) atoms. The van der Waals surface area contributed by atoms with Gasteiger partial charge in [-0.05, 0) is 55.0 Å². The molecular weight excluding hydrogens is 283 g/mol. The molecule has 0 aliphatic heterocycles. The molecule has 0 aromatic heterocycles. The third kappa shape index (κ3) is 3.91. The highest BCUT2D eigenvalue weighted by atomic mass is 19.1. The number of aliphatic imine (C=N–C) groups is 1. The Morgan fingerprint density at radius 3 is 2.50 bits per heavy atom. The van der Waals surface area contributed by atoms with Crippen LogP contribution in [0.4, 0.5) is 10.1 Å². The molecule has 0 saturated carbocycles. The van der Waals surface area contributed by atoms with E-state index in [9.17, 15) is 9.18 Å². The molecule has 0 fully saturated rings. The Bertz CT molecular complexity index is 709. The second-order valence-electron chi connectivity index (χ2n) is 4.86. The molecule has 2 N–H and O–H groups in total. The average molecular weight is 300 g/mol. The molecule has 0 aliphatic carbocycles. The maximum Gasteiger partial charge on any atom is 0.170 e. The normalized spacial score (nSPS) is 11.3. The Labute approximate surface area is 128 Å². The van der Waals surface area contributed by atoms with Gasteiger partial charge in [-0.25, -0.2) is 9.38 Å². The van der Waals surface area contributed by atoms with Crippen LogP contribution >= 0.6 is 0 Å². The number of nitrogens with two attached hydrogens (primary N) is 1. The first-order valence-corrected chi connectivity index (χ1v) is 6.76. The maximum atomic E-state index is 12.8. The number of ether oxygens (including phenoxy) is 1. The van der Waals surface area contributed by atoms with Crippen molar-refractivity contribution < 1.29 is 13.9 Å². The number of ketones is 1. The molecule has 0 bridgehead atoms. The van der Waals surface area contributed by atoms with E-state index in [1.54, 1.807) is 19.2 Å². The Morgan fingerprint density at radius 2 is 1.91 bits per heavy atom. The molecule has 114 valence electrons. The zero-order chi connectivity index (χ0) is 16.1. The van der Waals surface area contributed by atoms with E-state index in [1.165, 1.54) is 24.3 Å². The van der Waals surface area contributed by atoms with Gasteiger partial charge in [0.1, 0.15) is 17.4 Å². The molecule has 2 aromatic carbocycles. The molecule has 4 nitrogen and oxygen atoms in total. The van der Waals surface area contributed by atoms with Crippen molar-refractivity contribution in [2.45, 2.75) is 13.3 Å². The first-order chi connectivity index (χ1) is 10.5. The zero-order valence-electron chi connectivity index (χ0n) is 12.5. The van der Waals surface area contributed by atoms with Crippen LogP contribution in [0.25, 0.3) is 0 Å². The van der Waals surface area contributed by atoms with Crippen LogP contribution in [0.3, 0.4) is 0 Å². The third-order valence-electron chi connectivity index (χ3n) is 3.18. The van der Waals surface area contributed by atoms with Gasteiger partial charge in [0.25, 0.3) is 0 Å². The van der Waals surface area contributed by atoms with Crippen molar-refractivity contribution in [3.8, 4) is 5.75 Å². The lowest BCUT2D eigenvalue weighted by Crippen LogP contribution is -2.17. The topological polar surface area (TPSA) is 64.7 Å². The molecule has 0 atom stereocenters. The fourth-order valence-electron chi connectivity index (χ4n) is 1.98. The van der Waals surface area contributed by atoms with Gasteiger partial charge in [-0.1, -0.05) is 0 Å². The first-order valence-electron chi connectivity index (χ1n) is 6.76. The quantitative estimate of drug-likeness (QED) is 0.523. The van der Waals surface area contributed by atoms with E-state index in [0.29, 0.717) is 11.3 Å². The number of hydrogen-bond donors (Lipinski definition) is 1. The number of Topliss-reactive ketones (excluding diaryl/α,β-unsaturated/α-hetero) is 1. The number of halogens is 1. The Balaban J connectivity index is 2.12. The van der Waals surface area contributed by atoms with Crippen LogP contribution < -0.4 is 10.5 Å². The van der Waals surface area contributed by atoms with Crippen LogP contribution in [0.5, 0.6) is 5.75 Å². The van der Waals surface area contributed by atoms with Gasteiger partial charge in [-0.2, -0.15) is 0 Å². The summed E-state index contributed by atoms with van der Waals surface area (Å²) < 4.78 is 18.0. The summed E-state index contributed by atoms with van der Waals surface area (Å²) in [5, 5.41) is 0. The van der Waals surface area contributed by atoms with Gasteiger partial charge in [0.15, 0.2) is 5.78 Å². The van der Waals surface area contributed by atoms with Gasteiger partial charge in [0.05, 0.1) is 19.2 Å². The molecule has 0 aliphatic rings. The van der Waals surface area contributed by atoms with Crippen LogP contribution in [-0.4, -0.2) is 18.7 Å². The maximum absolute atomic E-state index is 12.8. The lowest BCUT2D eigenvalue weighted by atomic mass is 10.1. The summed E-state index contributed by atoms with van der Waals surface area (Å²) in [6.45, 7) is 1.89. The summed E-state index contributed by atoms with van der Waals surface area (Å²) in [5.74, 6) is 0.361. The molecule has 2 rings (SSSR count). The predicted octanol–water partition coefficient (Wildman–Crippen LogP) is 3.40. The number of aryl methyl sites for hydroxylation is 1. The first kappa shape index (κ1) is 15.7. The van der Waals surface area contributed by atoms with Gasteiger partial charge < -0.3 is 10.5 Å².